The highest BCUT2D eigenvalue weighted by Gasteiger charge is 2.23. The van der Waals surface area contributed by atoms with Crippen molar-refractivity contribution in [2.24, 2.45) is 0 Å². The number of carbonyl (C=O) groups is 1. The Morgan fingerprint density at radius 1 is 1.56 bits per heavy atom. The van der Waals surface area contributed by atoms with Crippen LogP contribution in [0.25, 0.3) is 0 Å². The van der Waals surface area contributed by atoms with Gasteiger partial charge in [-0.2, -0.15) is 0 Å². The number of nitrogens with one attached hydrogen (secondary N) is 1. The van der Waals surface area contributed by atoms with E-state index in [1.165, 1.54) is 0 Å². The highest BCUT2D eigenvalue weighted by atomic mass is 16.5. The summed E-state index contributed by atoms with van der Waals surface area (Å²) in [6, 6.07) is 0.793. The number of nitrogens with zero attached hydrogens (tertiary/aromatic N) is 1. The summed E-state index contributed by atoms with van der Waals surface area (Å²) in [5.74, 6) is 0.237. The van der Waals surface area contributed by atoms with E-state index in [1.807, 2.05) is 11.9 Å². The molecule has 1 amide bonds. The normalized spacial score (nSPS) is 20.4. The molecule has 0 saturated carbocycles. The second kappa shape index (κ2) is 6.86. The van der Waals surface area contributed by atoms with E-state index in [9.17, 15) is 4.79 Å². The van der Waals surface area contributed by atoms with Gasteiger partial charge in [-0.1, -0.05) is 13.8 Å². The van der Waals surface area contributed by atoms with E-state index in [2.05, 4.69) is 19.2 Å². The lowest BCUT2D eigenvalue weighted by molar-refractivity contribution is -0.132. The van der Waals surface area contributed by atoms with Crippen LogP contribution in [0.15, 0.2) is 0 Å². The number of ether oxygens (including phenoxy) is 1. The molecule has 0 spiro atoms. The van der Waals surface area contributed by atoms with Crippen LogP contribution in [-0.2, 0) is 9.53 Å². The van der Waals surface area contributed by atoms with Gasteiger partial charge in [0.15, 0.2) is 0 Å². The molecule has 1 rings (SSSR count). The van der Waals surface area contributed by atoms with Gasteiger partial charge in [0.25, 0.3) is 0 Å². The smallest absolute Gasteiger partial charge is 0.222 e. The number of carbonyl (C=O) groups excluding carboxylic acids is 1. The van der Waals surface area contributed by atoms with Crippen LogP contribution in [0.3, 0.4) is 0 Å². The molecule has 94 valence electrons. The number of amides is 1. The van der Waals surface area contributed by atoms with Gasteiger partial charge in [0.1, 0.15) is 0 Å². The standard InChI is InChI=1S/C12H24N2O2/c1-10(2)13-7-4-5-12(15)14(3)11-6-8-16-9-11/h10-11,13H,4-9H2,1-3H3. The second-order valence-electron chi connectivity index (χ2n) is 4.73. The van der Waals surface area contributed by atoms with Crippen molar-refractivity contribution in [2.45, 2.75) is 45.2 Å². The molecule has 0 aliphatic carbocycles. The maximum atomic E-state index is 11.8. The zero-order valence-electron chi connectivity index (χ0n) is 10.7. The van der Waals surface area contributed by atoms with Crippen LogP contribution in [0, 0.1) is 0 Å². The summed E-state index contributed by atoms with van der Waals surface area (Å²) in [6.45, 7) is 6.63. The Hall–Kier alpha value is -0.610. The topological polar surface area (TPSA) is 41.6 Å². The van der Waals surface area contributed by atoms with Gasteiger partial charge in [0.2, 0.25) is 5.91 Å². The maximum Gasteiger partial charge on any atom is 0.222 e. The number of hydrogen-bond acceptors (Lipinski definition) is 3. The first-order valence-electron chi connectivity index (χ1n) is 6.18. The van der Waals surface area contributed by atoms with Gasteiger partial charge in [-0.15, -0.1) is 0 Å². The Morgan fingerprint density at radius 3 is 2.88 bits per heavy atom. The zero-order chi connectivity index (χ0) is 12.0. The van der Waals surface area contributed by atoms with E-state index in [4.69, 9.17) is 4.74 Å². The molecule has 1 saturated heterocycles. The molecule has 4 heteroatoms. The van der Waals surface area contributed by atoms with Crippen molar-refractivity contribution in [2.75, 3.05) is 26.8 Å². The first-order chi connectivity index (χ1) is 7.61. The van der Waals surface area contributed by atoms with Crippen molar-refractivity contribution in [1.82, 2.24) is 10.2 Å². The van der Waals surface area contributed by atoms with E-state index in [0.717, 1.165) is 26.0 Å². The third-order valence-corrected chi connectivity index (χ3v) is 2.97. The molecule has 1 unspecified atom stereocenters. The molecule has 1 aliphatic heterocycles. The average molecular weight is 228 g/mol. The summed E-state index contributed by atoms with van der Waals surface area (Å²) in [5.41, 5.74) is 0. The van der Waals surface area contributed by atoms with Crippen LogP contribution in [0.1, 0.15) is 33.1 Å². The summed E-state index contributed by atoms with van der Waals surface area (Å²) < 4.78 is 5.28. The Morgan fingerprint density at radius 2 is 2.31 bits per heavy atom. The molecule has 1 N–H and O–H groups in total. The molecule has 0 aromatic heterocycles. The second-order valence-corrected chi connectivity index (χ2v) is 4.73. The van der Waals surface area contributed by atoms with Gasteiger partial charge in [-0.3, -0.25) is 4.79 Å². The molecule has 1 heterocycles. The summed E-state index contributed by atoms with van der Waals surface area (Å²) in [4.78, 5) is 13.7. The Labute approximate surface area is 98.3 Å². The first kappa shape index (κ1) is 13.5. The minimum atomic E-state index is 0.237. The fraction of sp³-hybridized carbons (Fsp3) is 0.917. The fourth-order valence-electron chi connectivity index (χ4n) is 1.84. The Balaban J connectivity index is 2.13. The van der Waals surface area contributed by atoms with Gasteiger partial charge in [-0.25, -0.2) is 0 Å². The van der Waals surface area contributed by atoms with Gasteiger partial charge in [-0.05, 0) is 19.4 Å². The molecule has 4 nitrogen and oxygen atoms in total. The van der Waals surface area contributed by atoms with E-state index >= 15 is 0 Å². The summed E-state index contributed by atoms with van der Waals surface area (Å²) in [6.07, 6.45) is 2.52. The third kappa shape index (κ3) is 4.49. The molecular weight excluding hydrogens is 204 g/mol. The van der Waals surface area contributed by atoms with Crippen LogP contribution < -0.4 is 5.32 Å². The lowest BCUT2D eigenvalue weighted by atomic mass is 10.2. The maximum absolute atomic E-state index is 11.8. The molecule has 1 fully saturated rings. The molecular formula is C12H24N2O2. The molecule has 0 bridgehead atoms. The summed E-state index contributed by atoms with van der Waals surface area (Å²) in [7, 11) is 1.89. The molecule has 1 atom stereocenters. The van der Waals surface area contributed by atoms with Crippen molar-refractivity contribution in [3.63, 3.8) is 0 Å². The minimum Gasteiger partial charge on any atom is -0.379 e. The van der Waals surface area contributed by atoms with Crippen LogP contribution >= 0.6 is 0 Å². The molecule has 0 aromatic carbocycles. The molecule has 16 heavy (non-hydrogen) atoms. The monoisotopic (exact) mass is 228 g/mol. The van der Waals surface area contributed by atoms with Crippen molar-refractivity contribution in [1.29, 1.82) is 0 Å². The molecule has 0 radical (unpaired) electrons. The molecule has 1 aliphatic rings. The lowest BCUT2D eigenvalue weighted by Gasteiger charge is -2.23. The van der Waals surface area contributed by atoms with Crippen LogP contribution in [0.2, 0.25) is 0 Å². The first-order valence-corrected chi connectivity index (χ1v) is 6.18. The van der Waals surface area contributed by atoms with Gasteiger partial charge < -0.3 is 15.0 Å². The highest BCUT2D eigenvalue weighted by Crippen LogP contribution is 2.11. The van der Waals surface area contributed by atoms with Crippen molar-refractivity contribution in [3.8, 4) is 0 Å². The summed E-state index contributed by atoms with van der Waals surface area (Å²) in [5, 5.41) is 3.31. The lowest BCUT2D eigenvalue weighted by Crippen LogP contribution is -2.37. The van der Waals surface area contributed by atoms with Crippen LogP contribution in [-0.4, -0.2) is 49.7 Å². The number of hydrogen-bond donors (Lipinski definition) is 1. The van der Waals surface area contributed by atoms with Gasteiger partial charge >= 0.3 is 0 Å². The largest absolute Gasteiger partial charge is 0.379 e. The van der Waals surface area contributed by atoms with E-state index < -0.39 is 0 Å². The third-order valence-electron chi connectivity index (χ3n) is 2.97. The number of likely N-dealkylation sites (N-methyl/N-ethyl adjacent to an activating group) is 1. The minimum absolute atomic E-state index is 0.237. The Bertz CT molecular complexity index is 213. The number of rotatable bonds is 6. The van der Waals surface area contributed by atoms with Gasteiger partial charge in [0, 0.05) is 26.1 Å². The van der Waals surface area contributed by atoms with E-state index in [1.54, 1.807) is 0 Å². The van der Waals surface area contributed by atoms with Crippen molar-refractivity contribution >= 4 is 5.91 Å². The SMILES string of the molecule is CC(C)NCCCC(=O)N(C)C1CCOC1. The average Bonchev–Trinajstić information content (AvgIpc) is 2.76. The van der Waals surface area contributed by atoms with Gasteiger partial charge in [0.05, 0.1) is 12.6 Å². The van der Waals surface area contributed by atoms with Crippen LogP contribution in [0.5, 0.6) is 0 Å². The Kier molecular flexibility index (Phi) is 5.77. The van der Waals surface area contributed by atoms with Crippen molar-refractivity contribution < 1.29 is 9.53 Å². The molecule has 0 aromatic rings. The quantitative estimate of drug-likeness (QED) is 0.690. The zero-order valence-corrected chi connectivity index (χ0v) is 10.7. The predicted octanol–water partition coefficient (Wildman–Crippen LogP) is 1.01. The van der Waals surface area contributed by atoms with E-state index in [0.29, 0.717) is 25.1 Å². The fourth-order valence-corrected chi connectivity index (χ4v) is 1.84. The van der Waals surface area contributed by atoms with Crippen LogP contribution in [0.4, 0.5) is 0 Å². The highest BCUT2D eigenvalue weighted by molar-refractivity contribution is 5.76. The van der Waals surface area contributed by atoms with E-state index in [-0.39, 0.29) is 5.91 Å². The summed E-state index contributed by atoms with van der Waals surface area (Å²) >= 11 is 0. The predicted molar refractivity (Wildman–Crippen MR) is 64.4 cm³/mol. The van der Waals surface area contributed by atoms with Crippen molar-refractivity contribution in [3.05, 3.63) is 0 Å².